The number of methoxy groups -OCH3 is 2. The van der Waals surface area contributed by atoms with E-state index in [1.54, 1.807) is 25.1 Å². The predicted molar refractivity (Wildman–Crippen MR) is 138 cm³/mol. The molecule has 2 aromatic heterocycles. The van der Waals surface area contributed by atoms with Crippen molar-refractivity contribution in [3.05, 3.63) is 91.7 Å². The van der Waals surface area contributed by atoms with E-state index in [0.29, 0.717) is 29.0 Å². The average molecular weight is 522 g/mol. The zero-order chi connectivity index (χ0) is 27.6. The van der Waals surface area contributed by atoms with Crippen molar-refractivity contribution < 1.29 is 34.0 Å². The van der Waals surface area contributed by atoms with Crippen molar-refractivity contribution in [1.82, 2.24) is 4.57 Å². The Labute approximate surface area is 216 Å². The van der Waals surface area contributed by atoms with Crippen LogP contribution in [0.5, 0.6) is 23.0 Å². The molecule has 0 aliphatic rings. The maximum absolute atomic E-state index is 13.7. The van der Waals surface area contributed by atoms with Crippen molar-refractivity contribution in [3.8, 4) is 23.0 Å². The van der Waals surface area contributed by atoms with Crippen molar-refractivity contribution in [3.63, 3.8) is 0 Å². The number of phenolic OH excluding ortho intramolecular Hbond substituents is 2. The maximum Gasteiger partial charge on any atom is 0.306 e. The molecule has 0 spiro atoms. The molecule has 0 saturated heterocycles. The number of hydrogen-bond acceptors (Lipinski definition) is 9. The second-order valence-corrected chi connectivity index (χ2v) is 8.83. The largest absolute Gasteiger partial charge is 0.507 e. The summed E-state index contributed by atoms with van der Waals surface area (Å²) in [5.41, 5.74) is 0.183. The highest BCUT2D eigenvalue weighted by Gasteiger charge is 2.29. The molecule has 0 bridgehead atoms. The summed E-state index contributed by atoms with van der Waals surface area (Å²) in [6.07, 6.45) is 1.11. The summed E-state index contributed by atoms with van der Waals surface area (Å²) in [6.45, 7) is 1.81. The number of carbonyl (C=O) groups excluding carboxylic acids is 1. The first-order valence-electron chi connectivity index (χ1n) is 11.7. The van der Waals surface area contributed by atoms with Gasteiger partial charge in [0.15, 0.2) is 16.9 Å². The molecule has 0 saturated carbocycles. The standard InChI is InChI=1S/C28H27NO9/c1-15-10-23(32)26(28(35)29(15)9-8-16-4-6-21(30)22(31)11-16)18(13-25(33)37-3)20-14-38-24-7-5-17(36-2)12-19(24)27(20)34/h4-7,10-12,14,18,30-32H,8-9,13H2,1-3H3/t18-/m0/s1. The minimum Gasteiger partial charge on any atom is -0.507 e. The first-order valence-corrected chi connectivity index (χ1v) is 11.7. The predicted octanol–water partition coefficient (Wildman–Crippen LogP) is 3.33. The first kappa shape index (κ1) is 26.3. The number of nitrogens with zero attached hydrogens (tertiary/aromatic N) is 1. The number of benzene rings is 2. The zero-order valence-corrected chi connectivity index (χ0v) is 21.1. The fourth-order valence-electron chi connectivity index (χ4n) is 4.45. The molecule has 0 radical (unpaired) electrons. The van der Waals surface area contributed by atoms with Crippen LogP contribution in [0.1, 0.15) is 34.7 Å². The second kappa shape index (κ2) is 10.7. The Balaban J connectivity index is 1.84. The van der Waals surface area contributed by atoms with Crippen LogP contribution in [0.4, 0.5) is 0 Å². The van der Waals surface area contributed by atoms with E-state index < -0.39 is 29.3 Å². The van der Waals surface area contributed by atoms with E-state index in [1.165, 1.54) is 49.3 Å². The van der Waals surface area contributed by atoms with E-state index in [2.05, 4.69) is 0 Å². The van der Waals surface area contributed by atoms with Crippen LogP contribution in [0.15, 0.2) is 62.7 Å². The fourth-order valence-corrected chi connectivity index (χ4v) is 4.45. The molecule has 10 heteroatoms. The summed E-state index contributed by atoms with van der Waals surface area (Å²) >= 11 is 0. The third-order valence-electron chi connectivity index (χ3n) is 6.52. The molecule has 2 aromatic carbocycles. The van der Waals surface area contributed by atoms with E-state index in [9.17, 15) is 29.7 Å². The van der Waals surface area contributed by atoms with Gasteiger partial charge in [0, 0.05) is 23.7 Å². The molecular weight excluding hydrogens is 494 g/mol. The molecule has 10 nitrogen and oxygen atoms in total. The minimum absolute atomic E-state index is 0.00223. The van der Waals surface area contributed by atoms with Gasteiger partial charge < -0.3 is 33.8 Å². The molecule has 0 fully saturated rings. The monoisotopic (exact) mass is 521 g/mol. The number of phenols is 2. The van der Waals surface area contributed by atoms with Gasteiger partial charge >= 0.3 is 5.97 Å². The first-order chi connectivity index (χ1) is 18.1. The smallest absolute Gasteiger partial charge is 0.306 e. The lowest BCUT2D eigenvalue weighted by Crippen LogP contribution is -2.30. The lowest BCUT2D eigenvalue weighted by molar-refractivity contribution is -0.140. The molecule has 0 aliphatic carbocycles. The van der Waals surface area contributed by atoms with Gasteiger partial charge in [-0.1, -0.05) is 6.07 Å². The SMILES string of the molecule is COC(=O)C[C@@H](c1coc2ccc(OC)cc2c1=O)c1c(O)cc(C)n(CCc2ccc(O)c(O)c2)c1=O. The zero-order valence-electron chi connectivity index (χ0n) is 21.1. The second-order valence-electron chi connectivity index (χ2n) is 8.83. The van der Waals surface area contributed by atoms with Gasteiger partial charge in [-0.15, -0.1) is 0 Å². The third-order valence-corrected chi connectivity index (χ3v) is 6.52. The number of carbonyl (C=O) groups is 1. The van der Waals surface area contributed by atoms with Gasteiger partial charge in [0.25, 0.3) is 5.56 Å². The van der Waals surface area contributed by atoms with Crippen molar-refractivity contribution >= 4 is 16.9 Å². The van der Waals surface area contributed by atoms with Crippen molar-refractivity contribution in [2.75, 3.05) is 14.2 Å². The minimum atomic E-state index is -1.16. The van der Waals surface area contributed by atoms with Gasteiger partial charge in [0.05, 0.1) is 37.9 Å². The van der Waals surface area contributed by atoms with Gasteiger partial charge in [-0.25, -0.2) is 0 Å². The van der Waals surface area contributed by atoms with Crippen LogP contribution in [-0.2, 0) is 22.5 Å². The van der Waals surface area contributed by atoms with Crippen LogP contribution in [0.3, 0.4) is 0 Å². The van der Waals surface area contributed by atoms with Gasteiger partial charge in [0.1, 0.15) is 17.1 Å². The van der Waals surface area contributed by atoms with Crippen LogP contribution >= 0.6 is 0 Å². The number of esters is 1. The number of aryl methyl sites for hydroxylation is 2. The van der Waals surface area contributed by atoms with Gasteiger partial charge in [-0.3, -0.25) is 14.4 Å². The molecular formula is C28H27NO9. The van der Waals surface area contributed by atoms with E-state index in [4.69, 9.17) is 13.9 Å². The summed E-state index contributed by atoms with van der Waals surface area (Å²) in [7, 11) is 2.65. The normalized spacial score (nSPS) is 11.9. The van der Waals surface area contributed by atoms with Crippen LogP contribution in [0.25, 0.3) is 11.0 Å². The summed E-state index contributed by atoms with van der Waals surface area (Å²) in [4.78, 5) is 39.6. The number of aromatic hydroxyl groups is 3. The molecule has 0 aliphatic heterocycles. The molecule has 2 heterocycles. The molecule has 0 amide bonds. The number of hydrogen-bond donors (Lipinski definition) is 3. The van der Waals surface area contributed by atoms with E-state index in [0.717, 1.165) is 0 Å². The van der Waals surface area contributed by atoms with Crippen LogP contribution in [0, 0.1) is 6.92 Å². The van der Waals surface area contributed by atoms with E-state index >= 15 is 0 Å². The fraction of sp³-hybridized carbons (Fsp3) is 0.250. The van der Waals surface area contributed by atoms with Crippen LogP contribution < -0.4 is 15.7 Å². The van der Waals surface area contributed by atoms with Crippen LogP contribution in [0.2, 0.25) is 0 Å². The lowest BCUT2D eigenvalue weighted by Gasteiger charge is -2.20. The number of rotatable bonds is 8. The maximum atomic E-state index is 13.7. The topological polar surface area (TPSA) is 148 Å². The summed E-state index contributed by atoms with van der Waals surface area (Å²) < 4.78 is 17.1. The quantitative estimate of drug-likeness (QED) is 0.234. The van der Waals surface area contributed by atoms with E-state index in [1.807, 2.05) is 0 Å². The molecule has 198 valence electrons. The number of fused-ring (bicyclic) bond motifs is 1. The number of aromatic nitrogens is 1. The van der Waals surface area contributed by atoms with Gasteiger partial charge in [-0.05, 0) is 55.3 Å². The number of ether oxygens (including phenoxy) is 2. The van der Waals surface area contributed by atoms with Gasteiger partial charge in [0.2, 0.25) is 0 Å². The molecule has 1 atom stereocenters. The Morgan fingerprint density at radius 1 is 1.00 bits per heavy atom. The third kappa shape index (κ3) is 5.06. The Hall–Kier alpha value is -4.73. The average Bonchev–Trinajstić information content (AvgIpc) is 2.89. The highest BCUT2D eigenvalue weighted by Crippen LogP contribution is 2.33. The highest BCUT2D eigenvalue weighted by molar-refractivity contribution is 5.79. The lowest BCUT2D eigenvalue weighted by atomic mass is 9.88. The molecule has 4 rings (SSSR count). The Morgan fingerprint density at radius 3 is 2.45 bits per heavy atom. The van der Waals surface area contributed by atoms with Crippen molar-refractivity contribution in [1.29, 1.82) is 0 Å². The Morgan fingerprint density at radius 2 is 1.76 bits per heavy atom. The van der Waals surface area contributed by atoms with Gasteiger partial charge in [-0.2, -0.15) is 0 Å². The summed E-state index contributed by atoms with van der Waals surface area (Å²) in [5, 5.41) is 30.4. The highest BCUT2D eigenvalue weighted by atomic mass is 16.5. The summed E-state index contributed by atoms with van der Waals surface area (Å²) in [5.74, 6) is -2.34. The van der Waals surface area contributed by atoms with E-state index in [-0.39, 0.29) is 40.3 Å². The van der Waals surface area contributed by atoms with Crippen molar-refractivity contribution in [2.24, 2.45) is 0 Å². The molecule has 38 heavy (non-hydrogen) atoms. The Bertz CT molecular complexity index is 1630. The molecule has 3 N–H and O–H groups in total. The molecule has 0 unspecified atom stereocenters. The van der Waals surface area contributed by atoms with Crippen molar-refractivity contribution in [2.45, 2.75) is 32.2 Å². The number of pyridine rings is 1. The summed E-state index contributed by atoms with van der Waals surface area (Å²) in [6, 6.07) is 10.5. The van der Waals surface area contributed by atoms with Crippen LogP contribution in [-0.4, -0.2) is 40.1 Å². The molecule has 4 aromatic rings. The Kier molecular flexibility index (Phi) is 7.43.